The number of aromatic nitrogens is 1. The van der Waals surface area contributed by atoms with Crippen molar-refractivity contribution in [3.05, 3.63) is 26.6 Å². The Morgan fingerprint density at radius 3 is 3.00 bits per heavy atom. The number of fused-ring (bicyclic) bond motifs is 1. The number of thiazole rings is 1. The third-order valence-corrected chi connectivity index (χ3v) is 3.77. The van der Waals surface area contributed by atoms with Crippen LogP contribution in [0.2, 0.25) is 5.02 Å². The van der Waals surface area contributed by atoms with E-state index in [1.54, 1.807) is 11.3 Å². The SMILES string of the molecule is Cc1c(Cl)ccc2nc(Br)sc12. The fraction of sp³-hybridized carbons (Fsp3) is 0.125. The van der Waals surface area contributed by atoms with Crippen molar-refractivity contribution in [2.24, 2.45) is 0 Å². The van der Waals surface area contributed by atoms with Gasteiger partial charge in [0.2, 0.25) is 0 Å². The van der Waals surface area contributed by atoms with Gasteiger partial charge in [0.15, 0.2) is 3.92 Å². The van der Waals surface area contributed by atoms with Gasteiger partial charge < -0.3 is 0 Å². The summed E-state index contributed by atoms with van der Waals surface area (Å²) < 4.78 is 2.07. The van der Waals surface area contributed by atoms with E-state index in [1.165, 1.54) is 0 Å². The van der Waals surface area contributed by atoms with Gasteiger partial charge >= 0.3 is 0 Å². The number of hydrogen-bond donors (Lipinski definition) is 0. The number of aryl methyl sites for hydroxylation is 1. The molecule has 1 aromatic carbocycles. The van der Waals surface area contributed by atoms with Crippen molar-refractivity contribution in [2.45, 2.75) is 6.92 Å². The van der Waals surface area contributed by atoms with Gasteiger partial charge in [0.05, 0.1) is 10.2 Å². The number of halogens is 2. The van der Waals surface area contributed by atoms with Crippen LogP contribution < -0.4 is 0 Å². The lowest BCUT2D eigenvalue weighted by Crippen LogP contribution is -1.74. The largest absolute Gasteiger partial charge is 0.229 e. The maximum atomic E-state index is 5.96. The molecular formula is C8H5BrClNS. The molecular weight excluding hydrogens is 258 g/mol. The van der Waals surface area contributed by atoms with E-state index in [-0.39, 0.29) is 0 Å². The molecule has 1 nitrogen and oxygen atoms in total. The van der Waals surface area contributed by atoms with Crippen LogP contribution >= 0.6 is 38.9 Å². The minimum atomic E-state index is 0.804. The van der Waals surface area contributed by atoms with E-state index in [4.69, 9.17) is 11.6 Å². The van der Waals surface area contributed by atoms with E-state index in [1.807, 2.05) is 19.1 Å². The van der Waals surface area contributed by atoms with Crippen molar-refractivity contribution in [3.63, 3.8) is 0 Å². The summed E-state index contributed by atoms with van der Waals surface area (Å²) in [6.07, 6.45) is 0. The number of hydrogen-bond acceptors (Lipinski definition) is 2. The predicted molar refractivity (Wildman–Crippen MR) is 57.1 cm³/mol. The Hall–Kier alpha value is -0.120. The van der Waals surface area contributed by atoms with Gasteiger partial charge in [-0.2, -0.15) is 0 Å². The third kappa shape index (κ3) is 1.26. The molecule has 0 radical (unpaired) electrons. The molecule has 2 aromatic rings. The molecule has 0 atom stereocenters. The molecule has 62 valence electrons. The summed E-state index contributed by atoms with van der Waals surface area (Å²) in [6.45, 7) is 2.01. The van der Waals surface area contributed by atoms with Crippen LogP contribution in [0, 0.1) is 6.92 Å². The summed E-state index contributed by atoms with van der Waals surface area (Å²) in [5.41, 5.74) is 2.12. The van der Waals surface area contributed by atoms with Crippen molar-refractivity contribution in [3.8, 4) is 0 Å². The van der Waals surface area contributed by atoms with Gasteiger partial charge in [-0.05, 0) is 40.5 Å². The van der Waals surface area contributed by atoms with Gasteiger partial charge in [-0.25, -0.2) is 4.98 Å². The zero-order chi connectivity index (χ0) is 8.72. The summed E-state index contributed by atoms with van der Waals surface area (Å²) >= 11 is 10.9. The summed E-state index contributed by atoms with van der Waals surface area (Å²) in [4.78, 5) is 4.29. The summed E-state index contributed by atoms with van der Waals surface area (Å²) in [7, 11) is 0. The summed E-state index contributed by atoms with van der Waals surface area (Å²) in [6, 6.07) is 3.82. The summed E-state index contributed by atoms with van der Waals surface area (Å²) in [5.74, 6) is 0. The average molecular weight is 263 g/mol. The van der Waals surface area contributed by atoms with Gasteiger partial charge in [0, 0.05) is 5.02 Å². The van der Waals surface area contributed by atoms with Gasteiger partial charge in [-0.15, -0.1) is 11.3 Å². The minimum absolute atomic E-state index is 0.804. The molecule has 0 saturated carbocycles. The molecule has 0 N–H and O–H groups in total. The highest BCUT2D eigenvalue weighted by Crippen LogP contribution is 2.32. The molecule has 12 heavy (non-hydrogen) atoms. The van der Waals surface area contributed by atoms with Gasteiger partial charge in [0.1, 0.15) is 0 Å². The predicted octanol–water partition coefficient (Wildman–Crippen LogP) is 4.02. The van der Waals surface area contributed by atoms with E-state index >= 15 is 0 Å². The van der Waals surface area contributed by atoms with Crippen LogP contribution in [0.4, 0.5) is 0 Å². The molecule has 0 aliphatic rings. The molecule has 0 fully saturated rings. The number of benzene rings is 1. The average Bonchev–Trinajstić information content (AvgIpc) is 2.39. The zero-order valence-electron chi connectivity index (χ0n) is 6.27. The molecule has 2 rings (SSSR count). The Bertz CT molecular complexity index is 438. The molecule has 0 spiro atoms. The van der Waals surface area contributed by atoms with Crippen molar-refractivity contribution in [1.82, 2.24) is 4.98 Å². The summed E-state index contributed by atoms with van der Waals surface area (Å²) in [5, 5.41) is 0.804. The maximum absolute atomic E-state index is 5.96. The van der Waals surface area contributed by atoms with Gasteiger partial charge in [0.25, 0.3) is 0 Å². The molecule has 0 saturated heterocycles. The van der Waals surface area contributed by atoms with E-state index in [9.17, 15) is 0 Å². The smallest absolute Gasteiger partial charge is 0.160 e. The second-order valence-electron chi connectivity index (χ2n) is 2.49. The number of nitrogens with zero attached hydrogens (tertiary/aromatic N) is 1. The Morgan fingerprint density at radius 2 is 2.25 bits per heavy atom. The Labute approximate surface area is 87.5 Å². The molecule has 1 heterocycles. The van der Waals surface area contributed by atoms with E-state index in [0.717, 1.165) is 24.7 Å². The second kappa shape index (κ2) is 2.98. The van der Waals surface area contributed by atoms with Crippen LogP contribution in [-0.2, 0) is 0 Å². The lowest BCUT2D eigenvalue weighted by Gasteiger charge is -1.95. The minimum Gasteiger partial charge on any atom is -0.229 e. The Morgan fingerprint density at radius 1 is 1.50 bits per heavy atom. The van der Waals surface area contributed by atoms with E-state index in [2.05, 4.69) is 20.9 Å². The van der Waals surface area contributed by atoms with Crippen LogP contribution in [0.3, 0.4) is 0 Å². The molecule has 0 aliphatic carbocycles. The van der Waals surface area contributed by atoms with E-state index in [0.29, 0.717) is 0 Å². The number of rotatable bonds is 0. The highest BCUT2D eigenvalue weighted by atomic mass is 79.9. The van der Waals surface area contributed by atoms with Crippen LogP contribution in [0.15, 0.2) is 16.0 Å². The molecule has 4 heteroatoms. The molecule has 0 bridgehead atoms. The second-order valence-corrected chi connectivity index (χ2v) is 5.17. The quantitative estimate of drug-likeness (QED) is 0.699. The standard InChI is InChI=1S/C8H5BrClNS/c1-4-5(10)2-3-6-7(4)12-8(9)11-6/h2-3H,1H3. The fourth-order valence-electron chi connectivity index (χ4n) is 1.07. The van der Waals surface area contributed by atoms with Crippen molar-refractivity contribution < 1.29 is 0 Å². The highest BCUT2D eigenvalue weighted by molar-refractivity contribution is 9.11. The lowest BCUT2D eigenvalue weighted by molar-refractivity contribution is 1.44. The Balaban J connectivity index is 2.89. The van der Waals surface area contributed by atoms with Crippen molar-refractivity contribution in [2.75, 3.05) is 0 Å². The van der Waals surface area contributed by atoms with Gasteiger partial charge in [-0.1, -0.05) is 11.6 Å². The molecule has 0 aliphatic heterocycles. The first kappa shape index (κ1) is 8.48. The molecule has 0 amide bonds. The van der Waals surface area contributed by atoms with Crippen LogP contribution in [-0.4, -0.2) is 4.98 Å². The first-order valence-corrected chi connectivity index (χ1v) is 5.38. The first-order chi connectivity index (χ1) is 5.68. The zero-order valence-corrected chi connectivity index (χ0v) is 9.42. The van der Waals surface area contributed by atoms with Crippen LogP contribution in [0.25, 0.3) is 10.2 Å². The molecule has 1 aromatic heterocycles. The maximum Gasteiger partial charge on any atom is 0.160 e. The third-order valence-electron chi connectivity index (χ3n) is 1.71. The van der Waals surface area contributed by atoms with Gasteiger partial charge in [-0.3, -0.25) is 0 Å². The lowest BCUT2D eigenvalue weighted by atomic mass is 10.2. The normalized spacial score (nSPS) is 10.9. The molecule has 0 unspecified atom stereocenters. The monoisotopic (exact) mass is 261 g/mol. The first-order valence-electron chi connectivity index (χ1n) is 3.39. The Kier molecular flexibility index (Phi) is 2.10. The van der Waals surface area contributed by atoms with Crippen LogP contribution in [0.5, 0.6) is 0 Å². The van der Waals surface area contributed by atoms with E-state index < -0.39 is 0 Å². The van der Waals surface area contributed by atoms with Crippen molar-refractivity contribution >= 4 is 49.1 Å². The highest BCUT2D eigenvalue weighted by Gasteiger charge is 2.05. The topological polar surface area (TPSA) is 12.9 Å². The van der Waals surface area contributed by atoms with Crippen molar-refractivity contribution in [1.29, 1.82) is 0 Å². The van der Waals surface area contributed by atoms with Crippen LogP contribution in [0.1, 0.15) is 5.56 Å². The fourth-order valence-corrected chi connectivity index (χ4v) is 2.76.